The molecule has 5 heteroatoms. The minimum Gasteiger partial charge on any atom is -0.466 e. The molecule has 1 aliphatic rings. The molecule has 2 unspecified atom stereocenters. The van der Waals surface area contributed by atoms with Crippen LogP contribution in [0, 0.1) is 0 Å². The molecule has 1 aliphatic carbocycles. The summed E-state index contributed by atoms with van der Waals surface area (Å²) in [5.74, 6) is -0.403. The fraction of sp³-hybridized carbons (Fsp3) is 0.625. The molecule has 1 fully saturated rings. The lowest BCUT2D eigenvalue weighted by atomic mass is 9.92. The smallest absolute Gasteiger partial charge is 0.333 e. The van der Waals surface area contributed by atoms with Crippen molar-refractivity contribution in [3.8, 4) is 0 Å². The number of amides is 1. The van der Waals surface area contributed by atoms with Gasteiger partial charge in [-0.05, 0) is 25.8 Å². The Morgan fingerprint density at radius 2 is 1.90 bits per heavy atom. The van der Waals surface area contributed by atoms with Crippen molar-refractivity contribution >= 4 is 12.4 Å². The predicted molar refractivity (Wildman–Crippen MR) is 82.4 cm³/mol. The maximum Gasteiger partial charge on any atom is 0.333 e. The zero-order valence-corrected chi connectivity index (χ0v) is 13.4. The summed E-state index contributed by atoms with van der Waals surface area (Å²) in [5, 5.41) is 9.88. The van der Waals surface area contributed by atoms with Crippen LogP contribution in [0.4, 0.5) is 0 Å². The zero-order chi connectivity index (χ0) is 16.3. The lowest BCUT2D eigenvalue weighted by Gasteiger charge is -2.33. The number of hydrogen-bond donors (Lipinski definition) is 1. The van der Waals surface area contributed by atoms with E-state index >= 15 is 0 Å². The SMILES string of the molecule is CC.COC(=O)/C(C)=C/C=C\N(C=O)C1CCCCC1O. The molecule has 2 atom stereocenters. The fourth-order valence-corrected chi connectivity index (χ4v) is 2.18. The number of esters is 1. The molecule has 0 spiro atoms. The Morgan fingerprint density at radius 3 is 2.43 bits per heavy atom. The molecule has 0 radical (unpaired) electrons. The maximum absolute atomic E-state index is 11.2. The van der Waals surface area contributed by atoms with Crippen molar-refractivity contribution < 1.29 is 19.4 Å². The number of hydrogen-bond acceptors (Lipinski definition) is 4. The van der Waals surface area contributed by atoms with Gasteiger partial charge in [0.1, 0.15) is 0 Å². The first-order valence-corrected chi connectivity index (χ1v) is 7.44. The van der Waals surface area contributed by atoms with Crippen molar-refractivity contribution in [3.05, 3.63) is 23.9 Å². The second-order valence-electron chi connectivity index (χ2n) is 4.65. The highest BCUT2D eigenvalue weighted by molar-refractivity contribution is 5.87. The standard InChI is InChI=1S/C14H21NO4.C2H6/c1-11(14(18)19-2)6-5-9-15(10-16)12-7-3-4-8-13(12)17;1-2/h5-6,9-10,12-13,17H,3-4,7-8H2,1-2H3;1-2H3/b9-5-,11-6+;. The van der Waals surface area contributed by atoms with Crippen molar-refractivity contribution in [2.45, 2.75) is 58.6 Å². The third-order valence-corrected chi connectivity index (χ3v) is 3.31. The van der Waals surface area contributed by atoms with E-state index in [4.69, 9.17) is 0 Å². The van der Waals surface area contributed by atoms with E-state index in [9.17, 15) is 14.7 Å². The van der Waals surface area contributed by atoms with Gasteiger partial charge in [-0.2, -0.15) is 0 Å². The molecule has 1 rings (SSSR count). The van der Waals surface area contributed by atoms with Gasteiger partial charge in [-0.25, -0.2) is 4.79 Å². The Hall–Kier alpha value is -1.62. The lowest BCUT2D eigenvalue weighted by molar-refractivity contribution is -0.136. The van der Waals surface area contributed by atoms with E-state index in [0.717, 1.165) is 25.7 Å². The normalized spacial score (nSPS) is 22.2. The molecule has 0 saturated heterocycles. The largest absolute Gasteiger partial charge is 0.466 e. The molecule has 0 aliphatic heterocycles. The number of methoxy groups -OCH3 is 1. The van der Waals surface area contributed by atoms with Crippen molar-refractivity contribution in [1.82, 2.24) is 4.90 Å². The van der Waals surface area contributed by atoms with E-state index in [1.807, 2.05) is 13.8 Å². The molecular formula is C16H27NO4. The molecule has 21 heavy (non-hydrogen) atoms. The number of aliphatic hydroxyl groups is 1. The van der Waals surface area contributed by atoms with Crippen molar-refractivity contribution in [3.63, 3.8) is 0 Å². The van der Waals surface area contributed by atoms with Gasteiger partial charge in [0, 0.05) is 11.8 Å². The first-order chi connectivity index (χ1) is 10.1. The van der Waals surface area contributed by atoms with Crippen LogP contribution in [0.2, 0.25) is 0 Å². The van der Waals surface area contributed by atoms with Crippen LogP contribution in [0.5, 0.6) is 0 Å². The number of carbonyl (C=O) groups is 2. The highest BCUT2D eigenvalue weighted by atomic mass is 16.5. The quantitative estimate of drug-likeness (QED) is 0.366. The molecule has 0 aromatic carbocycles. The minimum atomic E-state index is -0.478. The number of carbonyl (C=O) groups excluding carboxylic acids is 2. The van der Waals surface area contributed by atoms with Crippen LogP contribution in [0.3, 0.4) is 0 Å². The van der Waals surface area contributed by atoms with Gasteiger partial charge in [-0.15, -0.1) is 0 Å². The van der Waals surface area contributed by atoms with E-state index in [2.05, 4.69) is 4.74 Å². The van der Waals surface area contributed by atoms with Crippen LogP contribution in [0.25, 0.3) is 0 Å². The maximum atomic E-state index is 11.2. The Morgan fingerprint density at radius 1 is 1.29 bits per heavy atom. The third kappa shape index (κ3) is 6.58. The Balaban J connectivity index is 0.00000191. The van der Waals surface area contributed by atoms with E-state index in [1.165, 1.54) is 12.0 Å². The molecule has 120 valence electrons. The molecule has 1 saturated carbocycles. The predicted octanol–water partition coefficient (Wildman–Crippen LogP) is 2.41. The second-order valence-corrected chi connectivity index (χ2v) is 4.65. The highest BCUT2D eigenvalue weighted by Gasteiger charge is 2.26. The van der Waals surface area contributed by atoms with Gasteiger partial charge in [0.25, 0.3) is 0 Å². The number of ether oxygens (including phenoxy) is 1. The average Bonchev–Trinajstić information content (AvgIpc) is 2.53. The van der Waals surface area contributed by atoms with Crippen LogP contribution in [-0.2, 0) is 14.3 Å². The van der Waals surface area contributed by atoms with Gasteiger partial charge in [-0.3, -0.25) is 4.79 Å². The summed E-state index contributed by atoms with van der Waals surface area (Å²) in [4.78, 5) is 23.7. The third-order valence-electron chi connectivity index (χ3n) is 3.31. The average molecular weight is 297 g/mol. The van der Waals surface area contributed by atoms with Gasteiger partial charge in [0.2, 0.25) is 6.41 Å². The van der Waals surface area contributed by atoms with Gasteiger partial charge in [-0.1, -0.05) is 32.8 Å². The summed E-state index contributed by atoms with van der Waals surface area (Å²) in [7, 11) is 1.32. The molecule has 0 aromatic rings. The van der Waals surface area contributed by atoms with E-state index in [0.29, 0.717) is 12.0 Å². The van der Waals surface area contributed by atoms with E-state index < -0.39 is 12.1 Å². The second kappa shape index (κ2) is 11.1. The molecule has 1 amide bonds. The molecule has 1 N–H and O–H groups in total. The Labute approximate surface area is 127 Å². The van der Waals surface area contributed by atoms with Gasteiger partial charge in [0.15, 0.2) is 0 Å². The number of allylic oxidation sites excluding steroid dienone is 2. The van der Waals surface area contributed by atoms with Gasteiger partial charge in [0.05, 0.1) is 19.3 Å². The molecule has 0 aromatic heterocycles. The molecular weight excluding hydrogens is 270 g/mol. The monoisotopic (exact) mass is 297 g/mol. The van der Waals surface area contributed by atoms with Crippen molar-refractivity contribution in [1.29, 1.82) is 0 Å². The summed E-state index contributed by atoms with van der Waals surface area (Å²) in [6.45, 7) is 5.64. The minimum absolute atomic E-state index is 0.172. The van der Waals surface area contributed by atoms with Crippen molar-refractivity contribution in [2.75, 3.05) is 7.11 Å². The number of aliphatic hydroxyl groups excluding tert-OH is 1. The van der Waals surface area contributed by atoms with Crippen LogP contribution in [-0.4, -0.2) is 41.6 Å². The van der Waals surface area contributed by atoms with Crippen LogP contribution >= 0.6 is 0 Å². The lowest BCUT2D eigenvalue weighted by Crippen LogP contribution is -2.41. The summed E-state index contributed by atoms with van der Waals surface area (Å²) in [6.07, 6.45) is 8.53. The Kier molecular flexibility index (Phi) is 10.2. The Bertz CT molecular complexity index is 376. The number of rotatable bonds is 5. The highest BCUT2D eigenvalue weighted by Crippen LogP contribution is 2.22. The van der Waals surface area contributed by atoms with Crippen molar-refractivity contribution in [2.24, 2.45) is 0 Å². The zero-order valence-electron chi connectivity index (χ0n) is 13.4. The van der Waals surface area contributed by atoms with Crippen LogP contribution < -0.4 is 0 Å². The topological polar surface area (TPSA) is 66.8 Å². The molecule has 0 bridgehead atoms. The van der Waals surface area contributed by atoms with Gasteiger partial charge >= 0.3 is 5.97 Å². The van der Waals surface area contributed by atoms with Gasteiger partial charge < -0.3 is 14.7 Å². The van der Waals surface area contributed by atoms with E-state index in [1.54, 1.807) is 25.3 Å². The van der Waals surface area contributed by atoms with E-state index in [-0.39, 0.29) is 6.04 Å². The molecule has 0 heterocycles. The van der Waals surface area contributed by atoms with Crippen LogP contribution in [0.1, 0.15) is 46.5 Å². The van der Waals surface area contributed by atoms with Crippen LogP contribution in [0.15, 0.2) is 23.9 Å². The first-order valence-electron chi connectivity index (χ1n) is 7.44. The first kappa shape index (κ1) is 19.4. The fourth-order valence-electron chi connectivity index (χ4n) is 2.18. The summed E-state index contributed by atoms with van der Waals surface area (Å²) in [6, 6.07) is -0.172. The molecule has 5 nitrogen and oxygen atoms in total. The summed E-state index contributed by atoms with van der Waals surface area (Å²) in [5.41, 5.74) is 0.453. The number of nitrogens with zero attached hydrogens (tertiary/aromatic N) is 1. The summed E-state index contributed by atoms with van der Waals surface area (Å²) >= 11 is 0. The summed E-state index contributed by atoms with van der Waals surface area (Å²) < 4.78 is 4.56.